The molecule has 6 heteroatoms. The third-order valence-corrected chi connectivity index (χ3v) is 3.59. The van der Waals surface area contributed by atoms with E-state index in [0.29, 0.717) is 30.8 Å². The Morgan fingerprint density at radius 2 is 1.58 bits per heavy atom. The molecule has 0 saturated heterocycles. The Hall–Kier alpha value is -3.15. The van der Waals surface area contributed by atoms with Crippen LogP contribution in [0.1, 0.15) is 22.8 Å². The SMILES string of the molecule is CC(=O)c1cccc(OCC(=O)NCCNC(=O)Cc2ccccc2)c1. The molecule has 0 radical (unpaired) electrons. The Morgan fingerprint density at radius 1 is 0.885 bits per heavy atom. The predicted molar refractivity (Wildman–Crippen MR) is 98.1 cm³/mol. The molecular formula is C20H22N2O4. The smallest absolute Gasteiger partial charge is 0.258 e. The monoisotopic (exact) mass is 354 g/mol. The lowest BCUT2D eigenvalue weighted by Crippen LogP contribution is -2.37. The average molecular weight is 354 g/mol. The number of hydrogen-bond donors (Lipinski definition) is 2. The molecule has 0 bridgehead atoms. The van der Waals surface area contributed by atoms with Gasteiger partial charge in [0, 0.05) is 18.7 Å². The minimum absolute atomic E-state index is 0.0638. The van der Waals surface area contributed by atoms with E-state index in [9.17, 15) is 14.4 Å². The zero-order chi connectivity index (χ0) is 18.8. The molecule has 2 N–H and O–H groups in total. The van der Waals surface area contributed by atoms with Crippen LogP contribution in [0.3, 0.4) is 0 Å². The Kier molecular flexibility index (Phi) is 7.36. The Labute approximate surface area is 152 Å². The highest BCUT2D eigenvalue weighted by Crippen LogP contribution is 2.13. The molecular weight excluding hydrogens is 332 g/mol. The average Bonchev–Trinajstić information content (AvgIpc) is 2.64. The first kappa shape index (κ1) is 19.2. The maximum Gasteiger partial charge on any atom is 0.258 e. The lowest BCUT2D eigenvalue weighted by molar-refractivity contribution is -0.124. The summed E-state index contributed by atoms with van der Waals surface area (Å²) in [5.41, 5.74) is 1.47. The fraction of sp³-hybridized carbons (Fsp3) is 0.250. The van der Waals surface area contributed by atoms with Crippen molar-refractivity contribution in [1.82, 2.24) is 10.6 Å². The van der Waals surface area contributed by atoms with Gasteiger partial charge in [-0.2, -0.15) is 0 Å². The van der Waals surface area contributed by atoms with E-state index in [4.69, 9.17) is 4.74 Å². The lowest BCUT2D eigenvalue weighted by atomic mass is 10.1. The Balaban J connectivity index is 1.62. The maximum atomic E-state index is 11.8. The minimum atomic E-state index is -0.296. The van der Waals surface area contributed by atoms with Crippen LogP contribution in [0.15, 0.2) is 54.6 Å². The Bertz CT molecular complexity index is 759. The molecule has 2 amide bonds. The number of benzene rings is 2. The summed E-state index contributed by atoms with van der Waals surface area (Å²) in [7, 11) is 0. The van der Waals surface area contributed by atoms with Crippen molar-refractivity contribution in [1.29, 1.82) is 0 Å². The number of Topliss-reactive ketones (excluding diaryl/α,β-unsaturated/α-hetero) is 1. The summed E-state index contributed by atoms with van der Waals surface area (Å²) in [6, 6.07) is 16.1. The summed E-state index contributed by atoms with van der Waals surface area (Å²) >= 11 is 0. The number of rotatable bonds is 9. The summed E-state index contributed by atoms with van der Waals surface area (Å²) in [6.07, 6.45) is 0.310. The summed E-state index contributed by atoms with van der Waals surface area (Å²) < 4.78 is 5.36. The van der Waals surface area contributed by atoms with Crippen molar-refractivity contribution >= 4 is 17.6 Å². The standard InChI is InChI=1S/C20H22N2O4/c1-15(23)17-8-5-9-18(13-17)26-14-20(25)22-11-10-21-19(24)12-16-6-3-2-4-7-16/h2-9,13H,10-12,14H2,1H3,(H,21,24)(H,22,25). The van der Waals surface area contributed by atoms with Crippen LogP contribution in [-0.4, -0.2) is 37.3 Å². The second kappa shape index (κ2) is 9.98. The van der Waals surface area contributed by atoms with Gasteiger partial charge in [-0.15, -0.1) is 0 Å². The largest absolute Gasteiger partial charge is 0.484 e. The molecule has 2 aromatic rings. The number of ether oxygens (including phenoxy) is 1. The van der Waals surface area contributed by atoms with Crippen molar-refractivity contribution < 1.29 is 19.1 Å². The van der Waals surface area contributed by atoms with Crippen LogP contribution < -0.4 is 15.4 Å². The van der Waals surface area contributed by atoms with Crippen molar-refractivity contribution in [3.8, 4) is 5.75 Å². The number of amides is 2. The topological polar surface area (TPSA) is 84.5 Å². The van der Waals surface area contributed by atoms with Crippen molar-refractivity contribution in [2.24, 2.45) is 0 Å². The molecule has 0 unspecified atom stereocenters. The van der Waals surface area contributed by atoms with Gasteiger partial charge in [-0.3, -0.25) is 14.4 Å². The van der Waals surface area contributed by atoms with Crippen LogP contribution in [0.25, 0.3) is 0 Å². The van der Waals surface area contributed by atoms with Crippen LogP contribution in [-0.2, 0) is 16.0 Å². The predicted octanol–water partition coefficient (Wildman–Crippen LogP) is 1.74. The quantitative estimate of drug-likeness (QED) is 0.531. The van der Waals surface area contributed by atoms with Gasteiger partial charge in [-0.05, 0) is 24.6 Å². The maximum absolute atomic E-state index is 11.8. The van der Waals surface area contributed by atoms with Crippen LogP contribution in [0.5, 0.6) is 5.75 Å². The fourth-order valence-corrected chi connectivity index (χ4v) is 2.25. The second-order valence-corrected chi connectivity index (χ2v) is 5.73. The minimum Gasteiger partial charge on any atom is -0.484 e. The molecule has 0 fully saturated rings. The van der Waals surface area contributed by atoms with E-state index in [1.165, 1.54) is 6.92 Å². The first-order valence-electron chi connectivity index (χ1n) is 8.35. The van der Waals surface area contributed by atoms with Crippen molar-refractivity contribution in [3.05, 3.63) is 65.7 Å². The van der Waals surface area contributed by atoms with E-state index in [1.807, 2.05) is 30.3 Å². The summed E-state index contributed by atoms with van der Waals surface area (Å²) in [5, 5.41) is 5.41. The molecule has 0 heterocycles. The number of carbonyl (C=O) groups is 3. The van der Waals surface area contributed by atoms with E-state index < -0.39 is 0 Å². The van der Waals surface area contributed by atoms with Crippen molar-refractivity contribution in [2.75, 3.05) is 19.7 Å². The van der Waals surface area contributed by atoms with Gasteiger partial charge < -0.3 is 15.4 Å². The van der Waals surface area contributed by atoms with Gasteiger partial charge in [-0.1, -0.05) is 42.5 Å². The van der Waals surface area contributed by atoms with Gasteiger partial charge in [-0.25, -0.2) is 0 Å². The number of nitrogens with one attached hydrogen (secondary N) is 2. The molecule has 136 valence electrons. The molecule has 2 rings (SSSR count). The molecule has 6 nitrogen and oxygen atoms in total. The van der Waals surface area contributed by atoms with Crippen molar-refractivity contribution in [2.45, 2.75) is 13.3 Å². The van der Waals surface area contributed by atoms with Gasteiger partial charge >= 0.3 is 0 Å². The van der Waals surface area contributed by atoms with Crippen LogP contribution >= 0.6 is 0 Å². The van der Waals surface area contributed by atoms with E-state index >= 15 is 0 Å². The Morgan fingerprint density at radius 3 is 2.27 bits per heavy atom. The zero-order valence-electron chi connectivity index (χ0n) is 14.7. The van der Waals surface area contributed by atoms with Crippen LogP contribution in [0.4, 0.5) is 0 Å². The highest BCUT2D eigenvalue weighted by molar-refractivity contribution is 5.94. The highest BCUT2D eigenvalue weighted by Gasteiger charge is 2.06. The van der Waals surface area contributed by atoms with Crippen LogP contribution in [0, 0.1) is 0 Å². The molecule has 0 aliphatic carbocycles. The highest BCUT2D eigenvalue weighted by atomic mass is 16.5. The third kappa shape index (κ3) is 6.76. The number of carbonyl (C=O) groups excluding carboxylic acids is 3. The molecule has 0 aliphatic heterocycles. The second-order valence-electron chi connectivity index (χ2n) is 5.73. The zero-order valence-corrected chi connectivity index (χ0v) is 14.7. The first-order valence-corrected chi connectivity index (χ1v) is 8.35. The fourth-order valence-electron chi connectivity index (χ4n) is 2.25. The summed E-state index contributed by atoms with van der Waals surface area (Å²) in [4.78, 5) is 34.8. The van der Waals surface area contributed by atoms with E-state index in [2.05, 4.69) is 10.6 Å². The summed E-state index contributed by atoms with van der Waals surface area (Å²) in [5.74, 6) is 0.00782. The van der Waals surface area contributed by atoms with E-state index in [-0.39, 0.29) is 24.2 Å². The normalized spacial score (nSPS) is 10.0. The van der Waals surface area contributed by atoms with Gasteiger partial charge in [0.25, 0.3) is 5.91 Å². The van der Waals surface area contributed by atoms with Gasteiger partial charge in [0.2, 0.25) is 5.91 Å². The molecule has 0 spiro atoms. The first-order chi connectivity index (χ1) is 12.5. The molecule has 2 aromatic carbocycles. The number of hydrogen-bond acceptors (Lipinski definition) is 4. The van der Waals surface area contributed by atoms with Gasteiger partial charge in [0.05, 0.1) is 6.42 Å². The molecule has 0 aliphatic rings. The number of ketones is 1. The van der Waals surface area contributed by atoms with Gasteiger partial charge in [0.1, 0.15) is 5.75 Å². The van der Waals surface area contributed by atoms with Crippen molar-refractivity contribution in [3.63, 3.8) is 0 Å². The van der Waals surface area contributed by atoms with E-state index in [0.717, 1.165) is 5.56 Å². The van der Waals surface area contributed by atoms with Crippen LogP contribution in [0.2, 0.25) is 0 Å². The molecule has 0 atom stereocenters. The van der Waals surface area contributed by atoms with Gasteiger partial charge in [0.15, 0.2) is 12.4 Å². The molecule has 26 heavy (non-hydrogen) atoms. The molecule has 0 saturated carbocycles. The lowest BCUT2D eigenvalue weighted by Gasteiger charge is -2.09. The van der Waals surface area contributed by atoms with E-state index in [1.54, 1.807) is 24.3 Å². The molecule has 0 aromatic heterocycles. The summed E-state index contributed by atoms with van der Waals surface area (Å²) in [6.45, 7) is 1.98. The third-order valence-electron chi connectivity index (χ3n) is 3.59.